The fraction of sp³-hybridized carbons (Fsp3) is 0.538. The van der Waals surface area contributed by atoms with Crippen LogP contribution in [0.5, 0.6) is 5.75 Å². The minimum Gasteiger partial charge on any atom is -0.492 e. The Morgan fingerprint density at radius 3 is 2.53 bits per heavy atom. The molecule has 0 fully saturated rings. The second kappa shape index (κ2) is 6.04. The normalized spacial score (nSPS) is 11.7. The van der Waals surface area contributed by atoms with Crippen molar-refractivity contribution < 1.29 is 22.7 Å². The highest BCUT2D eigenvalue weighted by molar-refractivity contribution is 5.93. The molecule has 0 aromatic carbocycles. The van der Waals surface area contributed by atoms with E-state index in [1.165, 1.54) is 0 Å². The first-order valence-electron chi connectivity index (χ1n) is 5.92. The highest BCUT2D eigenvalue weighted by atomic mass is 19.4. The van der Waals surface area contributed by atoms with Crippen LogP contribution in [0.25, 0.3) is 0 Å². The van der Waals surface area contributed by atoms with Crippen LogP contribution in [0.2, 0.25) is 0 Å². The van der Waals surface area contributed by atoms with Crippen molar-refractivity contribution in [1.82, 2.24) is 4.98 Å². The summed E-state index contributed by atoms with van der Waals surface area (Å²) in [7, 11) is 0. The van der Waals surface area contributed by atoms with Crippen molar-refractivity contribution in [3.63, 3.8) is 0 Å². The molecule has 106 valence electrons. The fourth-order valence-electron chi connectivity index (χ4n) is 1.43. The molecule has 0 saturated carbocycles. The summed E-state index contributed by atoms with van der Waals surface area (Å²) in [6.07, 6.45) is -2.74. The van der Waals surface area contributed by atoms with E-state index >= 15 is 0 Å². The first kappa shape index (κ1) is 15.5. The Kier molecular flexibility index (Phi) is 4.91. The molecule has 1 heterocycles. The van der Waals surface area contributed by atoms with Gasteiger partial charge in [-0.3, -0.25) is 4.79 Å². The van der Waals surface area contributed by atoms with Gasteiger partial charge in [0, 0.05) is 6.92 Å². The van der Waals surface area contributed by atoms with Crippen molar-refractivity contribution in [3.8, 4) is 5.75 Å². The van der Waals surface area contributed by atoms with Crippen molar-refractivity contribution in [3.05, 3.63) is 23.5 Å². The Bertz CT molecular complexity index is 456. The Labute approximate surface area is 109 Å². The number of ketones is 1. The number of hydrogen-bond donors (Lipinski definition) is 0. The standard InChI is InChI=1S/C13H16F3NO2/c1-8(2)4-5-19-10-6-11(13(14,15)16)12(9(3)18)17-7-10/h6-8H,4-5H2,1-3H3. The maximum atomic E-state index is 12.8. The summed E-state index contributed by atoms with van der Waals surface area (Å²) in [5.41, 5.74) is -1.63. The van der Waals surface area contributed by atoms with Gasteiger partial charge in [0.2, 0.25) is 0 Å². The lowest BCUT2D eigenvalue weighted by Gasteiger charge is -2.13. The highest BCUT2D eigenvalue weighted by Gasteiger charge is 2.36. The molecular weight excluding hydrogens is 259 g/mol. The Morgan fingerprint density at radius 1 is 1.42 bits per heavy atom. The third kappa shape index (κ3) is 4.54. The number of alkyl halides is 3. The van der Waals surface area contributed by atoms with E-state index in [4.69, 9.17) is 4.74 Å². The summed E-state index contributed by atoms with van der Waals surface area (Å²) in [6.45, 7) is 5.34. The number of halogens is 3. The quantitative estimate of drug-likeness (QED) is 0.769. The number of aromatic nitrogens is 1. The number of carbonyl (C=O) groups is 1. The molecule has 3 nitrogen and oxygen atoms in total. The predicted octanol–water partition coefficient (Wildman–Crippen LogP) is 3.73. The molecule has 0 aliphatic carbocycles. The largest absolute Gasteiger partial charge is 0.492 e. The summed E-state index contributed by atoms with van der Waals surface area (Å²) in [5, 5.41) is 0. The molecule has 1 rings (SSSR count). The lowest BCUT2D eigenvalue weighted by molar-refractivity contribution is -0.138. The van der Waals surface area contributed by atoms with Crippen LogP contribution in [-0.2, 0) is 6.18 Å². The predicted molar refractivity (Wildman–Crippen MR) is 64.2 cm³/mol. The summed E-state index contributed by atoms with van der Waals surface area (Å²) >= 11 is 0. The van der Waals surface area contributed by atoms with Gasteiger partial charge in [-0.15, -0.1) is 0 Å². The second-order valence-electron chi connectivity index (χ2n) is 4.65. The molecular formula is C13H16F3NO2. The maximum Gasteiger partial charge on any atom is 0.418 e. The molecule has 6 heteroatoms. The molecule has 1 aromatic rings. The van der Waals surface area contributed by atoms with Crippen LogP contribution in [0.3, 0.4) is 0 Å². The van der Waals surface area contributed by atoms with Crippen LogP contribution < -0.4 is 4.74 Å². The Hall–Kier alpha value is -1.59. The number of nitrogens with zero attached hydrogens (tertiary/aromatic N) is 1. The molecule has 0 aliphatic heterocycles. The van der Waals surface area contributed by atoms with E-state index in [0.717, 1.165) is 25.6 Å². The van der Waals surface area contributed by atoms with E-state index in [2.05, 4.69) is 4.98 Å². The lowest BCUT2D eigenvalue weighted by Crippen LogP contribution is -2.14. The molecule has 0 amide bonds. The molecule has 0 N–H and O–H groups in total. The van der Waals surface area contributed by atoms with Crippen LogP contribution >= 0.6 is 0 Å². The van der Waals surface area contributed by atoms with Gasteiger partial charge in [-0.05, 0) is 18.4 Å². The zero-order valence-electron chi connectivity index (χ0n) is 11.0. The summed E-state index contributed by atoms with van der Waals surface area (Å²) in [6, 6.07) is 0.823. The van der Waals surface area contributed by atoms with Crippen LogP contribution in [0, 0.1) is 5.92 Å². The van der Waals surface area contributed by atoms with Gasteiger partial charge in [0.05, 0.1) is 18.4 Å². The van der Waals surface area contributed by atoms with E-state index in [0.29, 0.717) is 12.5 Å². The first-order chi connectivity index (χ1) is 8.71. The van der Waals surface area contributed by atoms with Gasteiger partial charge in [-0.25, -0.2) is 4.98 Å². The van der Waals surface area contributed by atoms with Gasteiger partial charge < -0.3 is 4.74 Å². The van der Waals surface area contributed by atoms with Crippen LogP contribution in [0.4, 0.5) is 13.2 Å². The number of pyridine rings is 1. The molecule has 0 saturated heterocycles. The average molecular weight is 275 g/mol. The number of Topliss-reactive ketones (excluding diaryl/α,β-unsaturated/α-hetero) is 1. The number of hydrogen-bond acceptors (Lipinski definition) is 3. The minimum atomic E-state index is -4.62. The third-order valence-electron chi connectivity index (χ3n) is 2.47. The van der Waals surface area contributed by atoms with E-state index < -0.39 is 23.2 Å². The molecule has 0 atom stereocenters. The minimum absolute atomic E-state index is 0.0259. The van der Waals surface area contributed by atoms with E-state index in [-0.39, 0.29) is 5.75 Å². The van der Waals surface area contributed by atoms with Crippen molar-refractivity contribution in [2.45, 2.75) is 33.4 Å². The van der Waals surface area contributed by atoms with Crippen LogP contribution in [0.1, 0.15) is 43.2 Å². The lowest BCUT2D eigenvalue weighted by atomic mass is 10.1. The topological polar surface area (TPSA) is 39.2 Å². The first-order valence-corrected chi connectivity index (χ1v) is 5.92. The van der Waals surface area contributed by atoms with Crippen molar-refractivity contribution in [2.75, 3.05) is 6.61 Å². The van der Waals surface area contributed by atoms with Crippen LogP contribution in [-0.4, -0.2) is 17.4 Å². The van der Waals surface area contributed by atoms with Crippen LogP contribution in [0.15, 0.2) is 12.3 Å². The second-order valence-corrected chi connectivity index (χ2v) is 4.65. The molecule has 0 unspecified atom stereocenters. The van der Waals surface area contributed by atoms with Gasteiger partial charge >= 0.3 is 6.18 Å². The van der Waals surface area contributed by atoms with E-state index in [1.54, 1.807) is 0 Å². The monoisotopic (exact) mass is 275 g/mol. The van der Waals surface area contributed by atoms with E-state index in [1.807, 2.05) is 13.8 Å². The van der Waals surface area contributed by atoms with Gasteiger partial charge in [-0.1, -0.05) is 13.8 Å². The maximum absolute atomic E-state index is 12.8. The zero-order chi connectivity index (χ0) is 14.6. The fourth-order valence-corrected chi connectivity index (χ4v) is 1.43. The van der Waals surface area contributed by atoms with E-state index in [9.17, 15) is 18.0 Å². The molecule has 0 bridgehead atoms. The van der Waals surface area contributed by atoms with Gasteiger partial charge in [0.1, 0.15) is 11.4 Å². The number of ether oxygens (including phenoxy) is 1. The summed E-state index contributed by atoms with van der Waals surface area (Å²) in [5.74, 6) is -0.300. The SMILES string of the molecule is CC(=O)c1ncc(OCCC(C)C)cc1C(F)(F)F. The molecule has 1 aromatic heterocycles. The highest BCUT2D eigenvalue weighted by Crippen LogP contribution is 2.33. The Balaban J connectivity index is 2.96. The average Bonchev–Trinajstić information content (AvgIpc) is 2.27. The third-order valence-corrected chi connectivity index (χ3v) is 2.47. The molecule has 0 spiro atoms. The number of carbonyl (C=O) groups excluding carboxylic acids is 1. The van der Waals surface area contributed by atoms with Gasteiger partial charge in [0.15, 0.2) is 5.78 Å². The zero-order valence-corrected chi connectivity index (χ0v) is 11.0. The van der Waals surface area contributed by atoms with Gasteiger partial charge in [0.25, 0.3) is 0 Å². The molecule has 0 aliphatic rings. The summed E-state index contributed by atoms with van der Waals surface area (Å²) < 4.78 is 43.6. The Morgan fingerprint density at radius 2 is 2.05 bits per heavy atom. The van der Waals surface area contributed by atoms with Crippen molar-refractivity contribution in [1.29, 1.82) is 0 Å². The van der Waals surface area contributed by atoms with Crippen molar-refractivity contribution >= 4 is 5.78 Å². The summed E-state index contributed by atoms with van der Waals surface area (Å²) in [4.78, 5) is 14.7. The molecule has 19 heavy (non-hydrogen) atoms. The smallest absolute Gasteiger partial charge is 0.418 e. The van der Waals surface area contributed by atoms with Gasteiger partial charge in [-0.2, -0.15) is 13.2 Å². The molecule has 0 radical (unpaired) electrons. The van der Waals surface area contributed by atoms with Crippen molar-refractivity contribution in [2.24, 2.45) is 5.92 Å². The number of rotatable bonds is 5.